The topological polar surface area (TPSA) is 84.9 Å². The summed E-state index contributed by atoms with van der Waals surface area (Å²) in [5, 5.41) is 4.79. The van der Waals surface area contributed by atoms with E-state index in [4.69, 9.17) is 9.47 Å². The van der Waals surface area contributed by atoms with Crippen LogP contribution in [-0.4, -0.2) is 50.1 Å². The second-order valence-corrected chi connectivity index (χ2v) is 7.41. The molecule has 2 heterocycles. The molecule has 1 amide bonds. The Hall–Kier alpha value is -2.71. The quantitative estimate of drug-likeness (QED) is 0.748. The molecule has 7 nitrogen and oxygen atoms in total. The predicted octanol–water partition coefficient (Wildman–Crippen LogP) is 3.10. The molecule has 3 rings (SSSR count). The van der Waals surface area contributed by atoms with E-state index in [0.717, 1.165) is 19.4 Å². The first-order valence-corrected chi connectivity index (χ1v) is 9.79. The van der Waals surface area contributed by atoms with Gasteiger partial charge in [-0.25, -0.2) is 9.59 Å². The fourth-order valence-corrected chi connectivity index (χ4v) is 4.27. The van der Waals surface area contributed by atoms with E-state index in [-0.39, 0.29) is 35.3 Å². The molecule has 1 fully saturated rings. The van der Waals surface area contributed by atoms with Gasteiger partial charge in [0.25, 0.3) is 0 Å². The number of nitrogens with zero attached hydrogens (tertiary/aromatic N) is 1. The van der Waals surface area contributed by atoms with E-state index in [2.05, 4.69) is 16.3 Å². The molecule has 1 aromatic heterocycles. The lowest BCUT2D eigenvalue weighted by atomic mass is 10.1. The van der Waals surface area contributed by atoms with Crippen molar-refractivity contribution in [3.05, 3.63) is 51.7 Å². The minimum atomic E-state index is -0.593. The third-order valence-corrected chi connectivity index (χ3v) is 5.68. The Bertz CT molecular complexity index is 865. The average molecular weight is 402 g/mol. The van der Waals surface area contributed by atoms with Crippen LogP contribution in [0.5, 0.6) is 0 Å². The van der Waals surface area contributed by atoms with Gasteiger partial charge < -0.3 is 14.8 Å². The Morgan fingerprint density at radius 1 is 1.18 bits per heavy atom. The first kappa shape index (κ1) is 20.0. The van der Waals surface area contributed by atoms with E-state index < -0.39 is 11.9 Å². The van der Waals surface area contributed by atoms with Gasteiger partial charge in [0.15, 0.2) is 0 Å². The van der Waals surface area contributed by atoms with Gasteiger partial charge in [0.1, 0.15) is 0 Å². The van der Waals surface area contributed by atoms with Crippen LogP contribution in [0.2, 0.25) is 0 Å². The summed E-state index contributed by atoms with van der Waals surface area (Å²) >= 11 is 1.69. The normalized spacial score (nSPS) is 16.6. The average Bonchev–Trinajstić information content (AvgIpc) is 3.38. The van der Waals surface area contributed by atoms with E-state index >= 15 is 0 Å². The Morgan fingerprint density at radius 3 is 2.64 bits per heavy atom. The molecule has 1 aliphatic heterocycles. The van der Waals surface area contributed by atoms with Crippen molar-refractivity contribution < 1.29 is 23.9 Å². The zero-order valence-corrected chi connectivity index (χ0v) is 16.6. The van der Waals surface area contributed by atoms with Gasteiger partial charge in [0.2, 0.25) is 5.91 Å². The van der Waals surface area contributed by atoms with E-state index in [9.17, 15) is 14.4 Å². The molecule has 0 bridgehead atoms. The van der Waals surface area contributed by atoms with Gasteiger partial charge >= 0.3 is 11.9 Å². The molecule has 0 unspecified atom stereocenters. The van der Waals surface area contributed by atoms with Crippen molar-refractivity contribution in [2.75, 3.05) is 32.6 Å². The van der Waals surface area contributed by atoms with Crippen LogP contribution in [0.3, 0.4) is 0 Å². The highest BCUT2D eigenvalue weighted by atomic mass is 32.1. The highest BCUT2D eigenvalue weighted by molar-refractivity contribution is 7.10. The molecule has 1 N–H and O–H groups in total. The first-order valence-electron chi connectivity index (χ1n) is 8.91. The number of nitrogens with one attached hydrogen (secondary N) is 1. The van der Waals surface area contributed by atoms with Gasteiger partial charge in [-0.3, -0.25) is 9.69 Å². The molecule has 1 saturated heterocycles. The maximum atomic E-state index is 12.7. The molecule has 8 heteroatoms. The van der Waals surface area contributed by atoms with Crippen LogP contribution in [0.1, 0.15) is 44.5 Å². The number of amides is 1. The smallest absolute Gasteiger partial charge is 0.339 e. The Balaban J connectivity index is 1.76. The number of likely N-dealkylation sites (tertiary alicyclic amines) is 1. The monoisotopic (exact) mass is 402 g/mol. The lowest BCUT2D eigenvalue weighted by Gasteiger charge is -2.23. The number of anilines is 1. The SMILES string of the molecule is COC(=O)c1ccc(C(=O)OC)c(NC(=O)CN2CCC[C@H]2c2cccs2)c1. The molecule has 1 aliphatic rings. The number of benzene rings is 1. The molecule has 0 spiro atoms. The van der Waals surface area contributed by atoms with Gasteiger partial charge in [0.05, 0.1) is 37.6 Å². The maximum absolute atomic E-state index is 12.7. The van der Waals surface area contributed by atoms with Gasteiger partial charge in [-0.2, -0.15) is 0 Å². The zero-order chi connectivity index (χ0) is 20.1. The van der Waals surface area contributed by atoms with Crippen LogP contribution < -0.4 is 5.32 Å². The summed E-state index contributed by atoms with van der Waals surface area (Å²) in [4.78, 5) is 39.9. The Kier molecular flexibility index (Phi) is 6.43. The summed E-state index contributed by atoms with van der Waals surface area (Å²) in [6.07, 6.45) is 2.04. The van der Waals surface area contributed by atoms with Gasteiger partial charge in [-0.05, 0) is 49.0 Å². The molecule has 2 aromatic rings. The van der Waals surface area contributed by atoms with Gasteiger partial charge in [-0.1, -0.05) is 6.07 Å². The number of hydrogen-bond donors (Lipinski definition) is 1. The van der Waals surface area contributed by atoms with Crippen LogP contribution in [0, 0.1) is 0 Å². The fraction of sp³-hybridized carbons (Fsp3) is 0.350. The van der Waals surface area contributed by atoms with Crippen LogP contribution in [0.25, 0.3) is 0 Å². The molecule has 0 aliphatic carbocycles. The number of hydrogen-bond acceptors (Lipinski definition) is 7. The van der Waals surface area contributed by atoms with Gasteiger partial charge in [0, 0.05) is 10.9 Å². The van der Waals surface area contributed by atoms with E-state index in [1.165, 1.54) is 37.3 Å². The molecule has 148 valence electrons. The van der Waals surface area contributed by atoms with Gasteiger partial charge in [-0.15, -0.1) is 11.3 Å². The molecule has 1 atom stereocenters. The summed E-state index contributed by atoms with van der Waals surface area (Å²) in [6.45, 7) is 1.04. The minimum absolute atomic E-state index is 0.180. The van der Waals surface area contributed by atoms with Crippen LogP contribution in [0.4, 0.5) is 5.69 Å². The van der Waals surface area contributed by atoms with E-state index in [1.54, 1.807) is 11.3 Å². The molecular weight excluding hydrogens is 380 g/mol. The van der Waals surface area contributed by atoms with Crippen molar-refractivity contribution in [3.8, 4) is 0 Å². The fourth-order valence-electron chi connectivity index (χ4n) is 3.37. The third kappa shape index (κ3) is 4.40. The lowest BCUT2D eigenvalue weighted by Crippen LogP contribution is -2.33. The summed E-state index contributed by atoms with van der Waals surface area (Å²) in [5.41, 5.74) is 0.648. The lowest BCUT2D eigenvalue weighted by molar-refractivity contribution is -0.117. The summed E-state index contributed by atoms with van der Waals surface area (Å²) in [7, 11) is 2.53. The molecule has 1 aromatic carbocycles. The number of ether oxygens (including phenoxy) is 2. The van der Waals surface area contributed by atoms with E-state index in [1.807, 2.05) is 11.4 Å². The largest absolute Gasteiger partial charge is 0.465 e. The van der Waals surface area contributed by atoms with Crippen molar-refractivity contribution in [1.82, 2.24) is 4.90 Å². The van der Waals surface area contributed by atoms with Crippen molar-refractivity contribution in [3.63, 3.8) is 0 Å². The Morgan fingerprint density at radius 2 is 1.96 bits per heavy atom. The summed E-state index contributed by atoms with van der Waals surface area (Å²) in [6, 6.07) is 8.65. The number of carbonyl (C=O) groups excluding carboxylic acids is 3. The standard InChI is InChI=1S/C20H22N2O5S/c1-26-19(24)13-7-8-14(20(25)27-2)15(11-13)21-18(23)12-22-9-3-5-16(22)17-6-4-10-28-17/h4,6-8,10-11,16H,3,5,9,12H2,1-2H3,(H,21,23)/t16-/m0/s1. The zero-order valence-electron chi connectivity index (χ0n) is 15.8. The van der Waals surface area contributed by atoms with Crippen molar-refractivity contribution in [1.29, 1.82) is 0 Å². The summed E-state index contributed by atoms with van der Waals surface area (Å²) < 4.78 is 9.48. The predicted molar refractivity (Wildman–Crippen MR) is 106 cm³/mol. The number of esters is 2. The minimum Gasteiger partial charge on any atom is -0.465 e. The van der Waals surface area contributed by atoms with Crippen LogP contribution in [0.15, 0.2) is 35.7 Å². The summed E-state index contributed by atoms with van der Waals surface area (Å²) in [5.74, 6) is -1.40. The van der Waals surface area contributed by atoms with Crippen molar-refractivity contribution in [2.45, 2.75) is 18.9 Å². The third-order valence-electron chi connectivity index (χ3n) is 4.70. The Labute approximate surface area is 167 Å². The van der Waals surface area contributed by atoms with Crippen LogP contribution >= 0.6 is 11.3 Å². The number of methoxy groups -OCH3 is 2. The first-order chi connectivity index (χ1) is 13.5. The molecular formula is C20H22N2O5S. The second kappa shape index (κ2) is 8.99. The number of rotatable bonds is 6. The van der Waals surface area contributed by atoms with Crippen molar-refractivity contribution in [2.24, 2.45) is 0 Å². The molecule has 0 radical (unpaired) electrons. The molecule has 0 saturated carbocycles. The van der Waals surface area contributed by atoms with Crippen LogP contribution in [-0.2, 0) is 14.3 Å². The number of thiophene rings is 1. The maximum Gasteiger partial charge on any atom is 0.339 e. The highest BCUT2D eigenvalue weighted by Gasteiger charge is 2.28. The number of carbonyl (C=O) groups is 3. The second-order valence-electron chi connectivity index (χ2n) is 6.44. The molecule has 28 heavy (non-hydrogen) atoms. The van der Waals surface area contributed by atoms with Crippen molar-refractivity contribution >= 4 is 34.9 Å². The van der Waals surface area contributed by atoms with E-state index in [0.29, 0.717) is 0 Å². The highest BCUT2D eigenvalue weighted by Crippen LogP contribution is 2.34.